The van der Waals surface area contributed by atoms with Crippen molar-refractivity contribution >= 4 is 11.6 Å². The zero-order valence-corrected chi connectivity index (χ0v) is 8.17. The van der Waals surface area contributed by atoms with Crippen LogP contribution in [0.15, 0.2) is 24.3 Å². The molecule has 1 nitrogen and oxygen atoms in total. The van der Waals surface area contributed by atoms with Crippen molar-refractivity contribution < 1.29 is 5.11 Å². The Balaban J connectivity index is 2.12. The molecule has 0 saturated heterocycles. The van der Waals surface area contributed by atoms with Crippen molar-refractivity contribution in [2.45, 2.75) is 18.8 Å². The van der Waals surface area contributed by atoms with Crippen LogP contribution in [0.3, 0.4) is 0 Å². The van der Waals surface area contributed by atoms with Crippen LogP contribution in [0.1, 0.15) is 24.3 Å². The van der Waals surface area contributed by atoms with Gasteiger partial charge < -0.3 is 5.11 Å². The molecule has 1 fully saturated rings. The summed E-state index contributed by atoms with van der Waals surface area (Å²) in [5.74, 6) is 1.03. The molecule has 13 heavy (non-hydrogen) atoms. The van der Waals surface area contributed by atoms with Gasteiger partial charge in [-0.25, -0.2) is 0 Å². The lowest BCUT2D eigenvalue weighted by Crippen LogP contribution is -2.26. The molecule has 1 N–H and O–H groups in total. The zero-order chi connectivity index (χ0) is 9.26. The predicted octanol–water partition coefficient (Wildman–Crippen LogP) is 2.83. The van der Waals surface area contributed by atoms with Gasteiger partial charge in [0.2, 0.25) is 0 Å². The molecule has 1 aromatic carbocycles. The van der Waals surface area contributed by atoms with Crippen molar-refractivity contribution in [2.24, 2.45) is 5.92 Å². The number of halogens is 1. The molecule has 0 aliphatic heterocycles. The molecule has 1 aliphatic carbocycles. The molecule has 0 amide bonds. The first-order valence-corrected chi connectivity index (χ1v) is 5.05. The molecule has 1 aliphatic rings. The lowest BCUT2D eigenvalue weighted by molar-refractivity contribution is 0.135. The van der Waals surface area contributed by atoms with Gasteiger partial charge in [-0.15, -0.1) is 0 Å². The highest BCUT2D eigenvalue weighted by Crippen LogP contribution is 2.42. The summed E-state index contributed by atoms with van der Waals surface area (Å²) in [6, 6.07) is 7.97. The van der Waals surface area contributed by atoms with Gasteiger partial charge in [0.25, 0.3) is 0 Å². The van der Waals surface area contributed by atoms with Gasteiger partial charge in [-0.05, 0) is 42.4 Å². The van der Waals surface area contributed by atoms with E-state index in [9.17, 15) is 0 Å². The Bertz CT molecular complexity index is 279. The molecular formula is C11H13ClO. The lowest BCUT2D eigenvalue weighted by Gasteiger charge is -2.35. The fourth-order valence-corrected chi connectivity index (χ4v) is 2.06. The predicted molar refractivity (Wildman–Crippen MR) is 54.0 cm³/mol. The van der Waals surface area contributed by atoms with Gasteiger partial charge in [0, 0.05) is 11.6 Å². The first-order chi connectivity index (χ1) is 6.31. The first-order valence-electron chi connectivity index (χ1n) is 4.67. The van der Waals surface area contributed by atoms with Crippen LogP contribution in [-0.2, 0) is 0 Å². The Morgan fingerprint density at radius 3 is 2.38 bits per heavy atom. The van der Waals surface area contributed by atoms with Crippen LogP contribution in [0, 0.1) is 5.92 Å². The third-order valence-corrected chi connectivity index (χ3v) is 3.20. The molecule has 0 radical (unpaired) electrons. The van der Waals surface area contributed by atoms with E-state index in [1.165, 1.54) is 12.0 Å². The van der Waals surface area contributed by atoms with Crippen LogP contribution in [0.4, 0.5) is 0 Å². The molecule has 2 rings (SSSR count). The summed E-state index contributed by atoms with van der Waals surface area (Å²) in [6.45, 7) is 0.313. The van der Waals surface area contributed by atoms with E-state index in [1.807, 2.05) is 12.1 Å². The van der Waals surface area contributed by atoms with E-state index < -0.39 is 0 Å². The van der Waals surface area contributed by atoms with Crippen molar-refractivity contribution in [3.05, 3.63) is 34.9 Å². The minimum atomic E-state index is 0.313. The van der Waals surface area contributed by atoms with E-state index >= 15 is 0 Å². The average molecular weight is 197 g/mol. The minimum Gasteiger partial charge on any atom is -0.396 e. The third kappa shape index (κ3) is 1.72. The van der Waals surface area contributed by atoms with Gasteiger partial charge in [0.15, 0.2) is 0 Å². The Hall–Kier alpha value is -0.530. The molecule has 70 valence electrons. The van der Waals surface area contributed by atoms with Crippen molar-refractivity contribution in [2.75, 3.05) is 6.61 Å². The summed E-state index contributed by atoms with van der Waals surface area (Å²) < 4.78 is 0. The van der Waals surface area contributed by atoms with Crippen molar-refractivity contribution in [3.63, 3.8) is 0 Å². The third-order valence-electron chi connectivity index (χ3n) is 2.95. The first kappa shape index (κ1) is 9.04. The Kier molecular flexibility index (Phi) is 2.56. The van der Waals surface area contributed by atoms with Gasteiger partial charge in [0.05, 0.1) is 0 Å². The smallest absolute Gasteiger partial charge is 0.0465 e. The van der Waals surface area contributed by atoms with E-state index in [1.54, 1.807) is 0 Å². The van der Waals surface area contributed by atoms with E-state index in [0.29, 0.717) is 18.4 Å². The summed E-state index contributed by atoms with van der Waals surface area (Å²) in [5, 5.41) is 9.83. The zero-order valence-electron chi connectivity index (χ0n) is 7.41. The van der Waals surface area contributed by atoms with E-state index in [2.05, 4.69) is 12.1 Å². The molecule has 2 heteroatoms. The lowest BCUT2D eigenvalue weighted by atomic mass is 9.70. The van der Waals surface area contributed by atoms with Crippen molar-refractivity contribution in [3.8, 4) is 0 Å². The molecule has 1 aromatic rings. The highest BCUT2D eigenvalue weighted by atomic mass is 35.5. The van der Waals surface area contributed by atoms with Gasteiger partial charge in [-0.1, -0.05) is 23.7 Å². The van der Waals surface area contributed by atoms with Crippen molar-refractivity contribution in [1.29, 1.82) is 0 Å². The van der Waals surface area contributed by atoms with Crippen LogP contribution in [0.2, 0.25) is 5.02 Å². The average Bonchev–Trinajstić information content (AvgIpc) is 2.08. The van der Waals surface area contributed by atoms with Crippen LogP contribution in [0.25, 0.3) is 0 Å². The van der Waals surface area contributed by atoms with Gasteiger partial charge in [-0.2, -0.15) is 0 Å². The SMILES string of the molecule is OCC1CCC1c1ccc(Cl)cc1. The standard InChI is InChI=1S/C11H13ClO/c12-10-4-1-8(2-5-10)11-6-3-9(11)7-13/h1-2,4-5,9,11,13H,3,6-7H2. The maximum absolute atomic E-state index is 9.05. The largest absolute Gasteiger partial charge is 0.396 e. The maximum atomic E-state index is 9.05. The quantitative estimate of drug-likeness (QED) is 0.772. The number of aliphatic hydroxyl groups excluding tert-OH is 1. The molecule has 2 atom stereocenters. The molecule has 0 spiro atoms. The van der Waals surface area contributed by atoms with Crippen molar-refractivity contribution in [1.82, 2.24) is 0 Å². The Morgan fingerprint density at radius 2 is 1.92 bits per heavy atom. The number of aliphatic hydroxyl groups is 1. The van der Waals surface area contributed by atoms with Crippen LogP contribution in [-0.4, -0.2) is 11.7 Å². The molecule has 0 heterocycles. The minimum absolute atomic E-state index is 0.313. The topological polar surface area (TPSA) is 20.2 Å². The number of rotatable bonds is 2. The summed E-state index contributed by atoms with van der Waals surface area (Å²) in [7, 11) is 0. The number of hydrogen-bond acceptors (Lipinski definition) is 1. The summed E-state index contributed by atoms with van der Waals surface area (Å²) in [5.41, 5.74) is 1.31. The second-order valence-corrected chi connectivity index (χ2v) is 4.11. The van der Waals surface area contributed by atoms with Gasteiger partial charge in [0.1, 0.15) is 0 Å². The van der Waals surface area contributed by atoms with E-state index in [-0.39, 0.29) is 0 Å². The number of hydrogen-bond donors (Lipinski definition) is 1. The van der Waals surface area contributed by atoms with E-state index in [4.69, 9.17) is 16.7 Å². The Labute approximate surface area is 83.3 Å². The fourth-order valence-electron chi connectivity index (χ4n) is 1.94. The monoisotopic (exact) mass is 196 g/mol. The molecule has 0 aromatic heterocycles. The fraction of sp³-hybridized carbons (Fsp3) is 0.455. The highest BCUT2D eigenvalue weighted by molar-refractivity contribution is 6.30. The second kappa shape index (κ2) is 3.69. The van der Waals surface area contributed by atoms with Crippen LogP contribution < -0.4 is 0 Å². The van der Waals surface area contributed by atoms with Crippen LogP contribution in [0.5, 0.6) is 0 Å². The number of benzene rings is 1. The summed E-state index contributed by atoms with van der Waals surface area (Å²) in [4.78, 5) is 0. The van der Waals surface area contributed by atoms with Crippen LogP contribution >= 0.6 is 11.6 Å². The van der Waals surface area contributed by atoms with Gasteiger partial charge in [-0.3, -0.25) is 0 Å². The molecule has 1 saturated carbocycles. The normalized spacial score (nSPS) is 26.9. The summed E-state index contributed by atoms with van der Waals surface area (Å²) >= 11 is 5.80. The molecule has 2 unspecified atom stereocenters. The van der Waals surface area contributed by atoms with E-state index in [0.717, 1.165) is 11.4 Å². The molecule has 0 bridgehead atoms. The van der Waals surface area contributed by atoms with Gasteiger partial charge >= 0.3 is 0 Å². The summed E-state index contributed by atoms with van der Waals surface area (Å²) in [6.07, 6.45) is 2.36. The highest BCUT2D eigenvalue weighted by Gasteiger charge is 2.30. The molecular weight excluding hydrogens is 184 g/mol. The Morgan fingerprint density at radius 1 is 1.23 bits per heavy atom. The maximum Gasteiger partial charge on any atom is 0.0465 e. The second-order valence-electron chi connectivity index (χ2n) is 3.68.